The second-order valence-electron chi connectivity index (χ2n) is 5.50. The van der Waals surface area contributed by atoms with Gasteiger partial charge in [0.1, 0.15) is 12.7 Å². The molecule has 1 N–H and O–H groups in total. The number of nitrogens with zero attached hydrogens (tertiary/aromatic N) is 5. The van der Waals surface area contributed by atoms with E-state index in [-0.39, 0.29) is 5.92 Å². The summed E-state index contributed by atoms with van der Waals surface area (Å²) in [5, 5.41) is 9.98. The zero-order chi connectivity index (χ0) is 15.6. The second-order valence-corrected chi connectivity index (χ2v) is 5.50. The Hall–Kier alpha value is -1.90. The van der Waals surface area contributed by atoms with Crippen molar-refractivity contribution in [1.29, 1.82) is 0 Å². The average Bonchev–Trinajstić information content (AvgIpc) is 3.16. The van der Waals surface area contributed by atoms with E-state index in [4.69, 9.17) is 0 Å². The topological polar surface area (TPSA) is 62.6 Å². The Labute approximate surface area is 125 Å². The molecule has 22 heavy (non-hydrogen) atoms. The van der Waals surface area contributed by atoms with E-state index in [1.165, 1.54) is 6.33 Å². The van der Waals surface area contributed by atoms with E-state index in [0.717, 1.165) is 45.1 Å². The molecular weight excluding hydrogens is 297 g/mol. The molecule has 0 aromatic carbocycles. The molecule has 1 atom stereocenters. The molecule has 0 saturated carbocycles. The maximum Gasteiger partial charge on any atom is 0.435 e. The molecule has 1 unspecified atom stereocenters. The molecule has 9 heteroatoms. The van der Waals surface area contributed by atoms with Crippen molar-refractivity contribution in [3.05, 3.63) is 30.1 Å². The molecule has 3 rings (SSSR count). The Morgan fingerprint density at radius 2 is 2.18 bits per heavy atom. The Balaban J connectivity index is 1.59. The van der Waals surface area contributed by atoms with Crippen LogP contribution in [-0.2, 0) is 12.7 Å². The number of aromatic nitrogens is 5. The van der Waals surface area contributed by atoms with E-state index < -0.39 is 11.9 Å². The Morgan fingerprint density at radius 3 is 2.86 bits per heavy atom. The van der Waals surface area contributed by atoms with Crippen LogP contribution in [0, 0.1) is 0 Å². The first-order valence-corrected chi connectivity index (χ1v) is 7.19. The van der Waals surface area contributed by atoms with Gasteiger partial charge in [0.2, 0.25) is 0 Å². The van der Waals surface area contributed by atoms with E-state index >= 15 is 0 Å². The van der Waals surface area contributed by atoms with Crippen LogP contribution in [0.4, 0.5) is 13.2 Å². The number of aromatic amines is 1. The van der Waals surface area contributed by atoms with Gasteiger partial charge in [-0.05, 0) is 25.5 Å². The Morgan fingerprint density at radius 1 is 1.32 bits per heavy atom. The molecular formula is C13H17F3N6. The SMILES string of the molecule is FC(F)(F)c1cc(C2CCCN(CCn3cncn3)C2)[nH]n1. The second kappa shape index (κ2) is 6.07. The van der Waals surface area contributed by atoms with Gasteiger partial charge in [0, 0.05) is 24.7 Å². The van der Waals surface area contributed by atoms with Crippen LogP contribution in [-0.4, -0.2) is 49.5 Å². The highest BCUT2D eigenvalue weighted by molar-refractivity contribution is 5.16. The lowest BCUT2D eigenvalue weighted by Crippen LogP contribution is -2.36. The maximum atomic E-state index is 12.6. The summed E-state index contributed by atoms with van der Waals surface area (Å²) in [5.74, 6) is 0.0631. The summed E-state index contributed by atoms with van der Waals surface area (Å²) in [7, 11) is 0. The molecule has 1 fully saturated rings. The van der Waals surface area contributed by atoms with Crippen molar-refractivity contribution in [2.75, 3.05) is 19.6 Å². The zero-order valence-corrected chi connectivity index (χ0v) is 11.9. The molecule has 0 spiro atoms. The highest BCUT2D eigenvalue weighted by Crippen LogP contribution is 2.31. The number of H-pyrrole nitrogens is 1. The third kappa shape index (κ3) is 3.46. The van der Waals surface area contributed by atoms with Gasteiger partial charge in [-0.1, -0.05) is 0 Å². The van der Waals surface area contributed by atoms with Crippen LogP contribution in [0.15, 0.2) is 18.7 Å². The summed E-state index contributed by atoms with van der Waals surface area (Å²) in [6, 6.07) is 1.13. The summed E-state index contributed by atoms with van der Waals surface area (Å²) < 4.78 is 39.6. The maximum absolute atomic E-state index is 12.6. The van der Waals surface area contributed by atoms with Crippen LogP contribution in [0.1, 0.15) is 30.1 Å². The number of nitrogens with one attached hydrogen (secondary N) is 1. The molecule has 1 saturated heterocycles. The highest BCUT2D eigenvalue weighted by Gasteiger charge is 2.35. The lowest BCUT2D eigenvalue weighted by Gasteiger charge is -2.32. The molecule has 0 radical (unpaired) electrons. The van der Waals surface area contributed by atoms with E-state index in [1.807, 2.05) is 0 Å². The van der Waals surface area contributed by atoms with Gasteiger partial charge in [0.15, 0.2) is 5.69 Å². The Bertz CT molecular complexity index is 591. The minimum absolute atomic E-state index is 0.0631. The fourth-order valence-electron chi connectivity index (χ4n) is 2.80. The number of rotatable bonds is 4. The molecule has 6 nitrogen and oxygen atoms in total. The lowest BCUT2D eigenvalue weighted by molar-refractivity contribution is -0.141. The number of alkyl halides is 3. The van der Waals surface area contributed by atoms with Gasteiger partial charge in [-0.15, -0.1) is 0 Å². The normalized spacial score (nSPS) is 20.4. The predicted octanol–water partition coefficient (Wildman–Crippen LogP) is 1.90. The first-order chi connectivity index (χ1) is 10.5. The van der Waals surface area contributed by atoms with Gasteiger partial charge < -0.3 is 4.90 Å². The third-order valence-electron chi connectivity index (χ3n) is 3.95. The standard InChI is InChI=1S/C13H17F3N6/c14-13(15,16)12-6-11(19-20-12)10-2-1-3-21(7-10)4-5-22-9-17-8-18-22/h6,8-10H,1-5,7H2,(H,19,20). The number of piperidine rings is 1. The summed E-state index contributed by atoms with van der Waals surface area (Å²) in [6.07, 6.45) is 0.589. The molecule has 2 aromatic heterocycles. The number of hydrogen-bond donors (Lipinski definition) is 1. The van der Waals surface area contributed by atoms with Gasteiger partial charge in [0.05, 0.1) is 6.54 Å². The number of hydrogen-bond acceptors (Lipinski definition) is 4. The largest absolute Gasteiger partial charge is 0.435 e. The summed E-state index contributed by atoms with van der Waals surface area (Å²) in [4.78, 5) is 6.13. The lowest BCUT2D eigenvalue weighted by atomic mass is 9.94. The molecule has 0 bridgehead atoms. The van der Waals surface area contributed by atoms with Gasteiger partial charge in [0.25, 0.3) is 0 Å². The minimum Gasteiger partial charge on any atom is -0.301 e. The molecule has 0 amide bonds. The van der Waals surface area contributed by atoms with Crippen LogP contribution in [0.3, 0.4) is 0 Å². The molecule has 0 aliphatic carbocycles. The van der Waals surface area contributed by atoms with Crippen molar-refractivity contribution in [2.24, 2.45) is 0 Å². The molecule has 2 aromatic rings. The van der Waals surface area contributed by atoms with Crippen LogP contribution >= 0.6 is 0 Å². The van der Waals surface area contributed by atoms with Gasteiger partial charge in [-0.3, -0.25) is 9.78 Å². The third-order valence-corrected chi connectivity index (χ3v) is 3.95. The molecule has 1 aliphatic heterocycles. The van der Waals surface area contributed by atoms with Crippen LogP contribution in [0.25, 0.3) is 0 Å². The number of likely N-dealkylation sites (tertiary alicyclic amines) is 1. The smallest absolute Gasteiger partial charge is 0.301 e. The summed E-state index contributed by atoms with van der Waals surface area (Å²) in [5.41, 5.74) is -0.278. The van der Waals surface area contributed by atoms with Gasteiger partial charge in [-0.25, -0.2) is 4.98 Å². The van der Waals surface area contributed by atoms with Crippen LogP contribution in [0.5, 0.6) is 0 Å². The van der Waals surface area contributed by atoms with Crippen molar-refractivity contribution < 1.29 is 13.2 Å². The highest BCUT2D eigenvalue weighted by atomic mass is 19.4. The molecule has 3 heterocycles. The minimum atomic E-state index is -4.39. The van der Waals surface area contributed by atoms with Crippen LogP contribution < -0.4 is 0 Å². The molecule has 1 aliphatic rings. The van der Waals surface area contributed by atoms with E-state index in [2.05, 4.69) is 25.2 Å². The van der Waals surface area contributed by atoms with Crippen molar-refractivity contribution in [2.45, 2.75) is 31.5 Å². The fraction of sp³-hybridized carbons (Fsp3) is 0.615. The van der Waals surface area contributed by atoms with Crippen LogP contribution in [0.2, 0.25) is 0 Å². The van der Waals surface area contributed by atoms with Crippen molar-refractivity contribution in [3.8, 4) is 0 Å². The van der Waals surface area contributed by atoms with Gasteiger partial charge in [-0.2, -0.15) is 23.4 Å². The quantitative estimate of drug-likeness (QED) is 0.936. The van der Waals surface area contributed by atoms with E-state index in [9.17, 15) is 13.2 Å². The Kier molecular flexibility index (Phi) is 4.14. The predicted molar refractivity (Wildman–Crippen MR) is 72.0 cm³/mol. The summed E-state index contributed by atoms with van der Waals surface area (Å²) in [6.45, 7) is 3.21. The molecule has 120 valence electrons. The average molecular weight is 314 g/mol. The fourth-order valence-corrected chi connectivity index (χ4v) is 2.80. The summed E-state index contributed by atoms with van der Waals surface area (Å²) >= 11 is 0. The van der Waals surface area contributed by atoms with Crippen molar-refractivity contribution >= 4 is 0 Å². The van der Waals surface area contributed by atoms with Crippen molar-refractivity contribution in [3.63, 3.8) is 0 Å². The first-order valence-electron chi connectivity index (χ1n) is 7.19. The zero-order valence-electron chi connectivity index (χ0n) is 11.9. The van der Waals surface area contributed by atoms with Crippen molar-refractivity contribution in [1.82, 2.24) is 29.9 Å². The van der Waals surface area contributed by atoms with E-state index in [1.54, 1.807) is 11.0 Å². The first kappa shape index (κ1) is 15.0. The number of halogens is 3. The van der Waals surface area contributed by atoms with Gasteiger partial charge >= 0.3 is 6.18 Å². The monoisotopic (exact) mass is 314 g/mol. The van der Waals surface area contributed by atoms with E-state index in [0.29, 0.717) is 5.69 Å².